The molecule has 1 aliphatic rings. The highest BCUT2D eigenvalue weighted by Gasteiger charge is 2.31. The van der Waals surface area contributed by atoms with Gasteiger partial charge in [0.15, 0.2) is 11.3 Å². The molecule has 3 rings (SSSR count). The Labute approximate surface area is 133 Å². The van der Waals surface area contributed by atoms with Crippen LogP contribution in [-0.4, -0.2) is 28.9 Å². The number of alkyl halides is 3. The van der Waals surface area contributed by atoms with E-state index in [2.05, 4.69) is 10.3 Å². The fraction of sp³-hybridized carbons (Fsp3) is 0.357. The van der Waals surface area contributed by atoms with Crippen LogP contribution in [0.25, 0.3) is 10.2 Å². The molecule has 0 spiro atoms. The molecule has 1 atom stereocenters. The van der Waals surface area contributed by atoms with Gasteiger partial charge in [0.05, 0.1) is 21.7 Å². The van der Waals surface area contributed by atoms with Gasteiger partial charge in [0.25, 0.3) is 0 Å². The van der Waals surface area contributed by atoms with Gasteiger partial charge in [0, 0.05) is 13.1 Å². The first kappa shape index (κ1) is 15.6. The monoisotopic (exact) mass is 340 g/mol. The van der Waals surface area contributed by atoms with Crippen LogP contribution >= 0.6 is 11.3 Å². The van der Waals surface area contributed by atoms with E-state index in [4.69, 9.17) is 5.26 Å². The summed E-state index contributed by atoms with van der Waals surface area (Å²) in [5, 5.41) is 11.7. The number of carbonyl (C=O) groups excluding carboxylic acids is 1. The SMILES string of the molecule is N#CN1CCC(C(=O)Nc2nc3ccc(C(F)(F)F)cc3s2)C1. The minimum absolute atomic E-state index is 0.264. The van der Waals surface area contributed by atoms with E-state index < -0.39 is 11.7 Å². The molecule has 1 aromatic carbocycles. The molecule has 1 unspecified atom stereocenters. The summed E-state index contributed by atoms with van der Waals surface area (Å²) >= 11 is 1.000. The number of fused-ring (bicyclic) bond motifs is 1. The van der Waals surface area contributed by atoms with Crippen LogP contribution in [0.1, 0.15) is 12.0 Å². The van der Waals surface area contributed by atoms with E-state index in [-0.39, 0.29) is 17.0 Å². The lowest BCUT2D eigenvalue weighted by atomic mass is 10.1. The Bertz CT molecular complexity index is 795. The number of hydrogen-bond donors (Lipinski definition) is 1. The minimum Gasteiger partial charge on any atom is -0.310 e. The molecule has 0 bridgehead atoms. The van der Waals surface area contributed by atoms with Gasteiger partial charge in [-0.2, -0.15) is 18.4 Å². The topological polar surface area (TPSA) is 69.0 Å². The molecule has 23 heavy (non-hydrogen) atoms. The summed E-state index contributed by atoms with van der Waals surface area (Å²) in [6.45, 7) is 0.884. The van der Waals surface area contributed by atoms with Crippen LogP contribution in [0.5, 0.6) is 0 Å². The molecule has 0 aliphatic carbocycles. The summed E-state index contributed by atoms with van der Waals surface area (Å²) in [7, 11) is 0. The Morgan fingerprint density at radius 1 is 1.48 bits per heavy atom. The maximum atomic E-state index is 12.7. The zero-order valence-electron chi connectivity index (χ0n) is 11.7. The molecule has 2 aromatic rings. The summed E-state index contributed by atoms with van der Waals surface area (Å²) < 4.78 is 38.4. The lowest BCUT2D eigenvalue weighted by molar-refractivity contribution is -0.137. The molecule has 1 amide bonds. The van der Waals surface area contributed by atoms with Crippen molar-refractivity contribution in [2.45, 2.75) is 12.6 Å². The number of hydrogen-bond acceptors (Lipinski definition) is 5. The van der Waals surface area contributed by atoms with Gasteiger partial charge in [-0.1, -0.05) is 11.3 Å². The lowest BCUT2D eigenvalue weighted by Crippen LogP contribution is -2.25. The van der Waals surface area contributed by atoms with Gasteiger partial charge >= 0.3 is 6.18 Å². The molecule has 1 N–H and O–H groups in total. The zero-order valence-corrected chi connectivity index (χ0v) is 12.5. The number of halogens is 3. The summed E-state index contributed by atoms with van der Waals surface area (Å²) in [4.78, 5) is 17.7. The van der Waals surface area contributed by atoms with E-state index in [9.17, 15) is 18.0 Å². The van der Waals surface area contributed by atoms with Gasteiger partial charge in [-0.15, -0.1) is 0 Å². The Morgan fingerprint density at radius 3 is 2.91 bits per heavy atom. The van der Waals surface area contributed by atoms with Crippen molar-refractivity contribution in [3.63, 3.8) is 0 Å². The normalized spacial score (nSPS) is 18.2. The van der Waals surface area contributed by atoms with Crippen molar-refractivity contribution < 1.29 is 18.0 Å². The van der Waals surface area contributed by atoms with Crippen LogP contribution in [0.2, 0.25) is 0 Å². The molecule has 9 heteroatoms. The highest BCUT2D eigenvalue weighted by atomic mass is 32.1. The Hall–Kier alpha value is -2.34. The van der Waals surface area contributed by atoms with Gasteiger partial charge < -0.3 is 10.2 Å². The first-order chi connectivity index (χ1) is 10.9. The lowest BCUT2D eigenvalue weighted by Gasteiger charge is -2.08. The molecule has 120 valence electrons. The van der Waals surface area contributed by atoms with Crippen molar-refractivity contribution in [1.29, 1.82) is 5.26 Å². The van der Waals surface area contributed by atoms with Crippen molar-refractivity contribution in [2.24, 2.45) is 5.92 Å². The van der Waals surface area contributed by atoms with Crippen LogP contribution in [0.15, 0.2) is 18.2 Å². The number of rotatable bonds is 2. The third-order valence-corrected chi connectivity index (χ3v) is 4.58. The molecule has 1 aromatic heterocycles. The highest BCUT2D eigenvalue weighted by Crippen LogP contribution is 2.34. The second-order valence-corrected chi connectivity index (χ2v) is 6.25. The minimum atomic E-state index is -4.41. The number of nitriles is 1. The Kier molecular flexibility index (Phi) is 3.85. The number of aromatic nitrogens is 1. The number of amides is 1. The third kappa shape index (κ3) is 3.22. The van der Waals surface area contributed by atoms with Gasteiger partial charge in [-0.3, -0.25) is 4.79 Å². The van der Waals surface area contributed by atoms with Crippen LogP contribution in [-0.2, 0) is 11.0 Å². The number of carbonyl (C=O) groups is 1. The maximum Gasteiger partial charge on any atom is 0.416 e. The first-order valence-corrected chi connectivity index (χ1v) is 7.62. The smallest absolute Gasteiger partial charge is 0.310 e. The fourth-order valence-electron chi connectivity index (χ4n) is 2.43. The zero-order chi connectivity index (χ0) is 16.6. The Morgan fingerprint density at radius 2 is 2.26 bits per heavy atom. The third-order valence-electron chi connectivity index (χ3n) is 3.65. The van der Waals surface area contributed by atoms with Crippen LogP contribution in [0.3, 0.4) is 0 Å². The number of thiazole rings is 1. The molecule has 0 radical (unpaired) electrons. The van der Waals surface area contributed by atoms with Crippen molar-refractivity contribution >= 4 is 32.6 Å². The first-order valence-electron chi connectivity index (χ1n) is 6.80. The average molecular weight is 340 g/mol. The number of anilines is 1. The standard InChI is InChI=1S/C14H11F3N4OS/c15-14(16,17)9-1-2-10-11(5-9)23-13(19-10)20-12(22)8-3-4-21(6-8)7-18/h1-2,5,8H,3-4,6H2,(H,19,20,22). The van der Waals surface area contributed by atoms with Crippen LogP contribution < -0.4 is 5.32 Å². The predicted molar refractivity (Wildman–Crippen MR) is 78.5 cm³/mol. The Balaban J connectivity index is 1.76. The molecular weight excluding hydrogens is 329 g/mol. The van der Waals surface area contributed by atoms with Gasteiger partial charge in [-0.25, -0.2) is 4.98 Å². The molecule has 1 fully saturated rings. The van der Waals surface area contributed by atoms with Crippen molar-refractivity contribution in [3.05, 3.63) is 23.8 Å². The van der Waals surface area contributed by atoms with Crippen molar-refractivity contribution in [3.8, 4) is 6.19 Å². The number of likely N-dealkylation sites (tertiary alicyclic amines) is 1. The molecule has 0 saturated carbocycles. The van der Waals surface area contributed by atoms with E-state index in [1.54, 1.807) is 0 Å². The molecule has 1 saturated heterocycles. The quantitative estimate of drug-likeness (QED) is 0.853. The number of nitrogens with one attached hydrogen (secondary N) is 1. The molecule has 2 heterocycles. The highest BCUT2D eigenvalue weighted by molar-refractivity contribution is 7.22. The summed E-state index contributed by atoms with van der Waals surface area (Å²) in [6.07, 6.45) is -1.85. The van der Waals surface area contributed by atoms with E-state index in [1.807, 2.05) is 6.19 Å². The predicted octanol–water partition coefficient (Wildman–Crippen LogP) is 3.06. The second kappa shape index (κ2) is 5.70. The molecular formula is C14H11F3N4OS. The van der Waals surface area contributed by atoms with Gasteiger partial charge in [0.1, 0.15) is 0 Å². The second-order valence-electron chi connectivity index (χ2n) is 5.22. The van der Waals surface area contributed by atoms with Crippen LogP contribution in [0, 0.1) is 17.4 Å². The summed E-state index contributed by atoms with van der Waals surface area (Å²) in [6, 6.07) is 3.28. The van der Waals surface area contributed by atoms with Gasteiger partial charge in [-0.05, 0) is 24.6 Å². The molecule has 5 nitrogen and oxygen atoms in total. The van der Waals surface area contributed by atoms with Crippen molar-refractivity contribution in [1.82, 2.24) is 9.88 Å². The number of nitrogens with zero attached hydrogens (tertiary/aromatic N) is 3. The van der Waals surface area contributed by atoms with Crippen molar-refractivity contribution in [2.75, 3.05) is 18.4 Å². The van der Waals surface area contributed by atoms with Gasteiger partial charge in [0.2, 0.25) is 5.91 Å². The largest absolute Gasteiger partial charge is 0.416 e. The van der Waals surface area contributed by atoms with E-state index in [0.29, 0.717) is 29.7 Å². The van der Waals surface area contributed by atoms with Crippen LogP contribution in [0.4, 0.5) is 18.3 Å². The molecule has 1 aliphatic heterocycles. The van der Waals surface area contributed by atoms with E-state index in [0.717, 1.165) is 23.5 Å². The summed E-state index contributed by atoms with van der Waals surface area (Å²) in [5.74, 6) is -0.578. The van der Waals surface area contributed by atoms with E-state index >= 15 is 0 Å². The maximum absolute atomic E-state index is 12.7. The average Bonchev–Trinajstić information content (AvgIpc) is 3.11. The fourth-order valence-corrected chi connectivity index (χ4v) is 3.34. The summed E-state index contributed by atoms with van der Waals surface area (Å²) in [5.41, 5.74) is -0.338. The van der Waals surface area contributed by atoms with E-state index in [1.165, 1.54) is 11.0 Å². The number of benzene rings is 1.